The first-order valence-electron chi connectivity index (χ1n) is 9.95. The molecule has 1 saturated heterocycles. The van der Waals surface area contributed by atoms with E-state index in [0.29, 0.717) is 36.8 Å². The number of hydrogen-bond acceptors (Lipinski definition) is 4. The van der Waals surface area contributed by atoms with Crippen LogP contribution in [0.1, 0.15) is 12.8 Å². The zero-order chi connectivity index (χ0) is 20.9. The van der Waals surface area contributed by atoms with Gasteiger partial charge in [-0.25, -0.2) is 9.78 Å². The number of hydrogen-bond donors (Lipinski definition) is 2. The van der Waals surface area contributed by atoms with E-state index in [9.17, 15) is 14.4 Å². The third-order valence-electron chi connectivity index (χ3n) is 5.25. The lowest BCUT2D eigenvalue weighted by Gasteiger charge is -2.32. The highest BCUT2D eigenvalue weighted by atomic mass is 16.2. The van der Waals surface area contributed by atoms with Gasteiger partial charge in [0.25, 0.3) is 5.56 Å². The maximum Gasteiger partial charge on any atom is 0.319 e. The Bertz CT molecular complexity index is 1100. The maximum absolute atomic E-state index is 12.7. The summed E-state index contributed by atoms with van der Waals surface area (Å²) >= 11 is 0. The number of anilines is 1. The monoisotopic (exact) mass is 405 g/mol. The van der Waals surface area contributed by atoms with Crippen molar-refractivity contribution in [3.63, 3.8) is 0 Å². The van der Waals surface area contributed by atoms with E-state index in [2.05, 4.69) is 15.6 Å². The molecule has 2 N–H and O–H groups in total. The van der Waals surface area contributed by atoms with Crippen LogP contribution in [-0.4, -0.2) is 45.5 Å². The number of nitrogens with one attached hydrogen (secondary N) is 2. The minimum atomic E-state index is -0.250. The lowest BCUT2D eigenvalue weighted by molar-refractivity contribution is -0.133. The molecule has 0 saturated carbocycles. The summed E-state index contributed by atoms with van der Waals surface area (Å²) < 4.78 is 1.35. The number of aromatic nitrogens is 2. The summed E-state index contributed by atoms with van der Waals surface area (Å²) in [6, 6.07) is 16.1. The van der Waals surface area contributed by atoms with Gasteiger partial charge in [-0.15, -0.1) is 0 Å². The smallest absolute Gasteiger partial charge is 0.319 e. The SMILES string of the molecule is O=C(Nc1ccccc1)NC1CCN(C(=O)Cn2cnc3ccccc3c2=O)CC1. The Kier molecular flexibility index (Phi) is 5.74. The summed E-state index contributed by atoms with van der Waals surface area (Å²) in [4.78, 5) is 43.4. The Morgan fingerprint density at radius 1 is 1.00 bits per heavy atom. The third kappa shape index (κ3) is 4.48. The van der Waals surface area contributed by atoms with Crippen LogP contribution in [0.25, 0.3) is 10.9 Å². The molecule has 2 heterocycles. The summed E-state index contributed by atoms with van der Waals surface area (Å²) in [7, 11) is 0. The molecule has 0 atom stereocenters. The Hall–Kier alpha value is -3.68. The average Bonchev–Trinajstić information content (AvgIpc) is 2.77. The van der Waals surface area contributed by atoms with Gasteiger partial charge in [0, 0.05) is 24.8 Å². The number of fused-ring (bicyclic) bond motifs is 1. The van der Waals surface area contributed by atoms with Crippen LogP contribution in [0.3, 0.4) is 0 Å². The number of amides is 3. The molecule has 1 aromatic heterocycles. The van der Waals surface area contributed by atoms with Crippen LogP contribution in [0, 0.1) is 0 Å². The van der Waals surface area contributed by atoms with Gasteiger partial charge in [0.1, 0.15) is 6.54 Å². The molecule has 8 nitrogen and oxygen atoms in total. The molecule has 8 heteroatoms. The summed E-state index contributed by atoms with van der Waals surface area (Å²) in [5.41, 5.74) is 1.13. The van der Waals surface area contributed by atoms with Gasteiger partial charge < -0.3 is 15.5 Å². The second kappa shape index (κ2) is 8.77. The molecule has 0 aliphatic carbocycles. The summed E-state index contributed by atoms with van der Waals surface area (Å²) in [6.07, 6.45) is 2.75. The van der Waals surface area contributed by atoms with Gasteiger partial charge in [-0.1, -0.05) is 30.3 Å². The van der Waals surface area contributed by atoms with E-state index in [1.165, 1.54) is 10.9 Å². The van der Waals surface area contributed by atoms with Crippen LogP contribution in [0.15, 0.2) is 65.7 Å². The quantitative estimate of drug-likeness (QED) is 0.696. The molecule has 1 aliphatic rings. The van der Waals surface area contributed by atoms with Gasteiger partial charge in [0.05, 0.1) is 17.2 Å². The molecule has 4 rings (SSSR count). The lowest BCUT2D eigenvalue weighted by atomic mass is 10.1. The number of benzene rings is 2. The van der Waals surface area contributed by atoms with Gasteiger partial charge in [-0.3, -0.25) is 14.2 Å². The summed E-state index contributed by atoms with van der Waals surface area (Å²) in [5, 5.41) is 6.25. The standard InChI is InChI=1S/C22H23N5O3/c28-20(14-27-15-23-19-9-5-4-8-18(19)21(27)29)26-12-10-17(11-13-26)25-22(30)24-16-6-2-1-3-7-16/h1-9,15,17H,10-14H2,(H2,24,25,30). The van der Waals surface area contributed by atoms with E-state index < -0.39 is 0 Å². The number of carbonyl (C=O) groups excluding carboxylic acids is 2. The summed E-state index contributed by atoms with van der Waals surface area (Å²) in [5.74, 6) is -0.124. The van der Waals surface area contributed by atoms with Crippen molar-refractivity contribution in [2.24, 2.45) is 0 Å². The van der Waals surface area contributed by atoms with Crippen molar-refractivity contribution < 1.29 is 9.59 Å². The lowest BCUT2D eigenvalue weighted by Crippen LogP contribution is -2.48. The van der Waals surface area contributed by atoms with Crippen molar-refractivity contribution in [1.29, 1.82) is 0 Å². The van der Waals surface area contributed by atoms with Gasteiger partial charge in [0.2, 0.25) is 5.91 Å². The van der Waals surface area contributed by atoms with E-state index >= 15 is 0 Å². The number of para-hydroxylation sites is 2. The first kappa shape index (κ1) is 19.6. The second-order valence-corrected chi connectivity index (χ2v) is 7.31. The van der Waals surface area contributed by atoms with Crippen molar-refractivity contribution in [2.75, 3.05) is 18.4 Å². The van der Waals surface area contributed by atoms with E-state index in [4.69, 9.17) is 0 Å². The predicted octanol–water partition coefficient (Wildman–Crippen LogP) is 2.21. The molecule has 3 amide bonds. The fourth-order valence-electron chi connectivity index (χ4n) is 3.61. The minimum Gasteiger partial charge on any atom is -0.341 e. The highest BCUT2D eigenvalue weighted by molar-refractivity contribution is 5.89. The molecule has 3 aromatic rings. The first-order valence-corrected chi connectivity index (χ1v) is 9.95. The van der Waals surface area contributed by atoms with Gasteiger partial charge in [-0.2, -0.15) is 0 Å². The molecule has 30 heavy (non-hydrogen) atoms. The zero-order valence-corrected chi connectivity index (χ0v) is 16.5. The normalized spacial score (nSPS) is 14.5. The number of urea groups is 1. The van der Waals surface area contributed by atoms with Crippen molar-refractivity contribution in [1.82, 2.24) is 19.8 Å². The van der Waals surface area contributed by atoms with E-state index in [1.807, 2.05) is 36.4 Å². The van der Waals surface area contributed by atoms with Crippen LogP contribution >= 0.6 is 0 Å². The van der Waals surface area contributed by atoms with Crippen LogP contribution < -0.4 is 16.2 Å². The highest BCUT2D eigenvalue weighted by Crippen LogP contribution is 2.12. The van der Waals surface area contributed by atoms with Crippen molar-refractivity contribution in [2.45, 2.75) is 25.4 Å². The van der Waals surface area contributed by atoms with Gasteiger partial charge in [-0.05, 0) is 37.1 Å². The number of piperidine rings is 1. The molecule has 0 bridgehead atoms. The van der Waals surface area contributed by atoms with Gasteiger partial charge in [0.15, 0.2) is 0 Å². The minimum absolute atomic E-state index is 0.00261. The molecule has 1 aliphatic heterocycles. The molecule has 0 unspecified atom stereocenters. The number of likely N-dealkylation sites (tertiary alicyclic amines) is 1. The molecule has 154 valence electrons. The van der Waals surface area contributed by atoms with Crippen LogP contribution in [0.2, 0.25) is 0 Å². The Labute approximate surface area is 173 Å². The number of nitrogens with zero attached hydrogens (tertiary/aromatic N) is 3. The Morgan fingerprint density at radius 2 is 1.70 bits per heavy atom. The second-order valence-electron chi connectivity index (χ2n) is 7.31. The van der Waals surface area contributed by atoms with E-state index in [-0.39, 0.29) is 30.1 Å². The molecular weight excluding hydrogens is 382 g/mol. The predicted molar refractivity (Wildman–Crippen MR) is 114 cm³/mol. The molecule has 0 spiro atoms. The molecule has 0 radical (unpaired) electrons. The van der Waals surface area contributed by atoms with Crippen molar-refractivity contribution >= 4 is 28.5 Å². The van der Waals surface area contributed by atoms with Crippen molar-refractivity contribution in [3.8, 4) is 0 Å². The molecular formula is C22H23N5O3. The first-order chi connectivity index (χ1) is 14.6. The fraction of sp³-hybridized carbons (Fsp3) is 0.273. The maximum atomic E-state index is 12.7. The van der Waals surface area contributed by atoms with Crippen molar-refractivity contribution in [3.05, 3.63) is 71.3 Å². The topological polar surface area (TPSA) is 96.3 Å². The molecule has 2 aromatic carbocycles. The Balaban J connectivity index is 1.30. The van der Waals surface area contributed by atoms with Gasteiger partial charge >= 0.3 is 6.03 Å². The van der Waals surface area contributed by atoms with E-state index in [0.717, 1.165) is 5.69 Å². The van der Waals surface area contributed by atoms with Crippen LogP contribution in [0.4, 0.5) is 10.5 Å². The van der Waals surface area contributed by atoms with E-state index in [1.54, 1.807) is 23.1 Å². The van der Waals surface area contributed by atoms with Crippen LogP contribution in [-0.2, 0) is 11.3 Å². The third-order valence-corrected chi connectivity index (χ3v) is 5.25. The average molecular weight is 405 g/mol. The highest BCUT2D eigenvalue weighted by Gasteiger charge is 2.24. The number of rotatable bonds is 4. The molecule has 1 fully saturated rings. The summed E-state index contributed by atoms with van der Waals surface area (Å²) in [6.45, 7) is 1.03. The largest absolute Gasteiger partial charge is 0.341 e. The number of carbonyl (C=O) groups is 2. The fourth-order valence-corrected chi connectivity index (χ4v) is 3.61. The van der Waals surface area contributed by atoms with Crippen LogP contribution in [0.5, 0.6) is 0 Å². The zero-order valence-electron chi connectivity index (χ0n) is 16.5. The Morgan fingerprint density at radius 3 is 2.47 bits per heavy atom.